The van der Waals surface area contributed by atoms with Crippen molar-refractivity contribution in [2.75, 3.05) is 32.8 Å². The number of hydrogen-bond acceptors (Lipinski definition) is 7. The molecule has 2 saturated heterocycles. The zero-order valence-corrected chi connectivity index (χ0v) is 18.8. The molecule has 2 aliphatic rings. The molecule has 0 aliphatic carbocycles. The summed E-state index contributed by atoms with van der Waals surface area (Å²) in [6, 6.07) is 5.21. The van der Waals surface area contributed by atoms with Gasteiger partial charge in [0.25, 0.3) is 11.8 Å². The van der Waals surface area contributed by atoms with Crippen LogP contribution in [0.3, 0.4) is 0 Å². The van der Waals surface area contributed by atoms with Crippen LogP contribution in [0.4, 0.5) is 0 Å². The van der Waals surface area contributed by atoms with E-state index < -0.39 is 5.97 Å². The number of thioether (sulfide) groups is 1. The van der Waals surface area contributed by atoms with E-state index in [1.807, 2.05) is 6.92 Å². The zero-order valence-electron chi connectivity index (χ0n) is 17.2. The second-order valence-electron chi connectivity index (χ2n) is 6.99. The van der Waals surface area contributed by atoms with Gasteiger partial charge in [0, 0.05) is 19.6 Å². The van der Waals surface area contributed by atoms with Crippen molar-refractivity contribution in [2.45, 2.75) is 26.2 Å². The van der Waals surface area contributed by atoms with Crippen molar-refractivity contribution in [3.63, 3.8) is 0 Å². The van der Waals surface area contributed by atoms with Gasteiger partial charge in [-0.05, 0) is 43.5 Å². The molecule has 2 fully saturated rings. The van der Waals surface area contributed by atoms with Gasteiger partial charge in [-0.25, -0.2) is 0 Å². The highest BCUT2D eigenvalue weighted by molar-refractivity contribution is 8.26. The smallest absolute Gasteiger partial charge is 0.305 e. The van der Waals surface area contributed by atoms with E-state index in [9.17, 15) is 14.4 Å². The minimum Gasteiger partial charge on any atom is -0.490 e. The van der Waals surface area contributed by atoms with Gasteiger partial charge in [-0.3, -0.25) is 19.3 Å². The molecule has 8 nitrogen and oxygen atoms in total. The first-order valence-corrected chi connectivity index (χ1v) is 11.3. The van der Waals surface area contributed by atoms with Crippen LogP contribution in [0.5, 0.6) is 11.5 Å². The first kappa shape index (κ1) is 23.1. The Morgan fingerprint density at radius 2 is 1.97 bits per heavy atom. The molecule has 0 bridgehead atoms. The minimum atomic E-state index is -0.988. The number of thiocarbonyl (C=S) groups is 1. The Balaban J connectivity index is 1.71. The molecule has 0 atom stereocenters. The summed E-state index contributed by atoms with van der Waals surface area (Å²) in [5.41, 5.74) is 0.709. The lowest BCUT2D eigenvalue weighted by atomic mass is 10.2. The van der Waals surface area contributed by atoms with Crippen LogP contribution >= 0.6 is 24.0 Å². The lowest BCUT2D eigenvalue weighted by Crippen LogP contribution is -2.32. The third-order valence-corrected chi connectivity index (χ3v) is 6.18. The Labute approximate surface area is 190 Å². The number of benzene rings is 1. The highest BCUT2D eigenvalue weighted by Gasteiger charge is 2.32. The molecule has 1 aromatic rings. The van der Waals surface area contributed by atoms with Crippen molar-refractivity contribution in [1.29, 1.82) is 0 Å². The summed E-state index contributed by atoms with van der Waals surface area (Å²) in [6.07, 6.45) is 3.55. The molecular formula is C21H24N2O6S2. The van der Waals surface area contributed by atoms with Gasteiger partial charge in [0.2, 0.25) is 0 Å². The van der Waals surface area contributed by atoms with Crippen molar-refractivity contribution in [1.82, 2.24) is 9.80 Å². The maximum atomic E-state index is 12.6. The Bertz CT molecular complexity index is 911. The summed E-state index contributed by atoms with van der Waals surface area (Å²) < 4.78 is 11.7. The maximum Gasteiger partial charge on any atom is 0.305 e. The predicted molar refractivity (Wildman–Crippen MR) is 121 cm³/mol. The minimum absolute atomic E-state index is 0.0410. The molecule has 0 saturated carbocycles. The highest BCUT2D eigenvalue weighted by Crippen LogP contribution is 2.35. The first-order valence-electron chi connectivity index (χ1n) is 10.0. The summed E-state index contributed by atoms with van der Waals surface area (Å²) in [4.78, 5) is 39.1. The van der Waals surface area contributed by atoms with E-state index in [2.05, 4.69) is 0 Å². The number of ether oxygens (including phenoxy) is 2. The number of aliphatic carboxylic acids is 1. The van der Waals surface area contributed by atoms with Gasteiger partial charge < -0.3 is 19.5 Å². The molecule has 2 amide bonds. The molecule has 0 unspecified atom stereocenters. The molecule has 2 heterocycles. The molecule has 0 aromatic heterocycles. The van der Waals surface area contributed by atoms with Crippen LogP contribution in [-0.4, -0.2) is 69.9 Å². The highest BCUT2D eigenvalue weighted by atomic mass is 32.2. The average molecular weight is 465 g/mol. The predicted octanol–water partition coefficient (Wildman–Crippen LogP) is 2.76. The first-order chi connectivity index (χ1) is 14.9. The molecule has 0 spiro atoms. The normalized spacial score (nSPS) is 17.5. The number of carboxylic acids is 1. The molecule has 31 heavy (non-hydrogen) atoms. The Hall–Kier alpha value is -2.59. The summed E-state index contributed by atoms with van der Waals surface area (Å²) in [7, 11) is 0. The van der Waals surface area contributed by atoms with E-state index in [-0.39, 0.29) is 31.4 Å². The van der Waals surface area contributed by atoms with E-state index in [1.54, 1.807) is 29.2 Å². The quantitative estimate of drug-likeness (QED) is 0.440. The maximum absolute atomic E-state index is 12.6. The van der Waals surface area contributed by atoms with Gasteiger partial charge >= 0.3 is 5.97 Å². The lowest BCUT2D eigenvalue weighted by Gasteiger charge is -2.17. The van der Waals surface area contributed by atoms with E-state index in [0.717, 1.165) is 37.7 Å². The Kier molecular flexibility index (Phi) is 7.91. The Morgan fingerprint density at radius 3 is 2.65 bits per heavy atom. The number of rotatable bonds is 9. The summed E-state index contributed by atoms with van der Waals surface area (Å²) >= 11 is 6.34. The van der Waals surface area contributed by atoms with Gasteiger partial charge in [0.05, 0.1) is 17.9 Å². The van der Waals surface area contributed by atoms with Gasteiger partial charge in [-0.1, -0.05) is 30.0 Å². The number of amides is 2. The third kappa shape index (κ3) is 5.98. The van der Waals surface area contributed by atoms with Crippen LogP contribution in [-0.2, 0) is 14.4 Å². The fourth-order valence-corrected chi connectivity index (χ4v) is 4.56. The fraction of sp³-hybridized carbons (Fsp3) is 0.429. The zero-order chi connectivity index (χ0) is 22.4. The van der Waals surface area contributed by atoms with Crippen molar-refractivity contribution < 1.29 is 29.0 Å². The molecular weight excluding hydrogens is 440 g/mol. The topological polar surface area (TPSA) is 96.4 Å². The molecule has 1 N–H and O–H groups in total. The molecule has 3 rings (SSSR count). The molecule has 1 aromatic carbocycles. The molecule has 166 valence electrons. The van der Waals surface area contributed by atoms with Crippen LogP contribution in [0.2, 0.25) is 0 Å². The number of carbonyl (C=O) groups excluding carboxylic acids is 2. The summed E-state index contributed by atoms with van der Waals surface area (Å²) in [5.74, 6) is -0.412. The van der Waals surface area contributed by atoms with E-state index in [1.165, 1.54) is 4.90 Å². The fourth-order valence-electron chi connectivity index (χ4n) is 3.25. The number of hydrogen-bond donors (Lipinski definition) is 1. The third-order valence-electron chi connectivity index (χ3n) is 4.80. The second kappa shape index (κ2) is 10.6. The van der Waals surface area contributed by atoms with Gasteiger partial charge in [0.15, 0.2) is 18.1 Å². The Morgan fingerprint density at radius 1 is 1.23 bits per heavy atom. The van der Waals surface area contributed by atoms with Crippen molar-refractivity contribution >= 4 is 52.2 Å². The number of carboxylic acid groups (broad SMARTS) is 1. The van der Waals surface area contributed by atoms with Crippen LogP contribution in [0, 0.1) is 0 Å². The summed E-state index contributed by atoms with van der Waals surface area (Å²) in [6.45, 7) is 3.78. The van der Waals surface area contributed by atoms with Gasteiger partial charge in [-0.15, -0.1) is 0 Å². The standard InChI is InChI=1S/C21H24N2O6S2/c1-2-28-16-11-14(5-6-15(16)29-13-18(24)22-8-3-4-9-22)12-17-20(27)23(21(30)31-17)10-7-19(25)26/h5-6,11-12H,2-4,7-10,13H2,1H3,(H,25,26). The average Bonchev–Trinajstić information content (AvgIpc) is 3.35. The monoisotopic (exact) mass is 464 g/mol. The second-order valence-corrected chi connectivity index (χ2v) is 8.67. The summed E-state index contributed by atoms with van der Waals surface area (Å²) in [5, 5.41) is 8.84. The van der Waals surface area contributed by atoms with Crippen LogP contribution in [0.1, 0.15) is 31.7 Å². The SMILES string of the molecule is CCOc1cc(C=C2SC(=S)N(CCC(=O)O)C2=O)ccc1OCC(=O)N1CCCC1. The van der Waals surface area contributed by atoms with Crippen LogP contribution in [0.25, 0.3) is 6.08 Å². The van der Waals surface area contributed by atoms with Crippen molar-refractivity contribution in [2.24, 2.45) is 0 Å². The van der Waals surface area contributed by atoms with Crippen LogP contribution < -0.4 is 9.47 Å². The number of likely N-dealkylation sites (tertiary alicyclic amines) is 1. The molecule has 10 heteroatoms. The molecule has 0 radical (unpaired) electrons. The van der Waals surface area contributed by atoms with Crippen molar-refractivity contribution in [3.05, 3.63) is 28.7 Å². The van der Waals surface area contributed by atoms with Gasteiger partial charge in [0.1, 0.15) is 4.32 Å². The molecule has 2 aliphatic heterocycles. The van der Waals surface area contributed by atoms with E-state index in [0.29, 0.717) is 32.9 Å². The van der Waals surface area contributed by atoms with E-state index >= 15 is 0 Å². The van der Waals surface area contributed by atoms with Crippen molar-refractivity contribution in [3.8, 4) is 11.5 Å². The van der Waals surface area contributed by atoms with Gasteiger partial charge in [-0.2, -0.15) is 0 Å². The largest absolute Gasteiger partial charge is 0.490 e. The lowest BCUT2D eigenvalue weighted by molar-refractivity contribution is -0.137. The number of nitrogens with zero attached hydrogens (tertiary/aromatic N) is 2. The number of carbonyl (C=O) groups is 3. The van der Waals surface area contributed by atoms with E-state index in [4.69, 9.17) is 26.8 Å². The van der Waals surface area contributed by atoms with Crippen LogP contribution in [0.15, 0.2) is 23.1 Å².